The van der Waals surface area contributed by atoms with E-state index in [9.17, 15) is 0 Å². The number of hydrogen-bond acceptors (Lipinski definition) is 4. The summed E-state index contributed by atoms with van der Waals surface area (Å²) in [5, 5.41) is 12.0. The highest BCUT2D eigenvalue weighted by molar-refractivity contribution is 5.48. The van der Waals surface area contributed by atoms with Gasteiger partial charge in [0.05, 0.1) is 6.61 Å². The molecule has 1 aromatic rings. The average Bonchev–Trinajstić information content (AvgIpc) is 2.18. The molecule has 1 heterocycles. The quantitative estimate of drug-likeness (QED) is 0.659. The second kappa shape index (κ2) is 4.93. The lowest BCUT2D eigenvalue weighted by Gasteiger charge is -2.15. The number of nitrogens with one attached hydrogen (secondary N) is 1. The van der Waals surface area contributed by atoms with Gasteiger partial charge in [-0.3, -0.25) is 0 Å². The van der Waals surface area contributed by atoms with E-state index in [4.69, 9.17) is 10.8 Å². The molecule has 14 heavy (non-hydrogen) atoms. The summed E-state index contributed by atoms with van der Waals surface area (Å²) in [5.41, 5.74) is 7.75. The lowest BCUT2D eigenvalue weighted by molar-refractivity contribution is 0.281. The number of aromatic nitrogens is 1. The van der Waals surface area contributed by atoms with Crippen LogP contribution < -0.4 is 11.1 Å². The van der Waals surface area contributed by atoms with Crippen molar-refractivity contribution in [3.63, 3.8) is 0 Å². The fraction of sp³-hybridized carbons (Fsp3) is 0.500. The highest BCUT2D eigenvalue weighted by Crippen LogP contribution is 2.16. The van der Waals surface area contributed by atoms with Crippen molar-refractivity contribution in [3.8, 4) is 0 Å². The van der Waals surface area contributed by atoms with E-state index in [-0.39, 0.29) is 12.6 Å². The van der Waals surface area contributed by atoms with Crippen molar-refractivity contribution >= 4 is 5.82 Å². The van der Waals surface area contributed by atoms with E-state index >= 15 is 0 Å². The number of aliphatic hydroxyl groups excluding tert-OH is 1. The summed E-state index contributed by atoms with van der Waals surface area (Å²) in [7, 11) is 0. The zero-order valence-electron chi connectivity index (χ0n) is 8.62. The van der Waals surface area contributed by atoms with Crippen LogP contribution in [0, 0.1) is 6.92 Å². The molecule has 0 amide bonds. The molecule has 0 aliphatic carbocycles. The lowest BCUT2D eigenvalue weighted by atomic mass is 10.1. The summed E-state index contributed by atoms with van der Waals surface area (Å²) in [5.74, 6) is 0.772. The molecule has 0 bridgehead atoms. The summed E-state index contributed by atoms with van der Waals surface area (Å²) in [6.45, 7) is 4.43. The van der Waals surface area contributed by atoms with Crippen molar-refractivity contribution in [1.29, 1.82) is 0 Å². The third-order valence-corrected chi connectivity index (χ3v) is 2.15. The smallest absolute Gasteiger partial charge is 0.130 e. The Morgan fingerprint density at radius 1 is 1.64 bits per heavy atom. The number of hydrogen-bond donors (Lipinski definition) is 3. The minimum absolute atomic E-state index is 0.00500. The van der Waals surface area contributed by atoms with Gasteiger partial charge in [-0.15, -0.1) is 0 Å². The molecule has 78 valence electrons. The second-order valence-corrected chi connectivity index (χ2v) is 3.39. The number of pyridine rings is 1. The Morgan fingerprint density at radius 2 is 2.36 bits per heavy atom. The first-order valence-corrected chi connectivity index (χ1v) is 4.71. The SMILES string of the molecule is Cc1ccnc(NC(C)CO)c1CN. The summed E-state index contributed by atoms with van der Waals surface area (Å²) in [4.78, 5) is 4.20. The Hall–Kier alpha value is -1.13. The van der Waals surface area contributed by atoms with Crippen LogP contribution in [0.5, 0.6) is 0 Å². The van der Waals surface area contributed by atoms with Crippen molar-refractivity contribution in [3.05, 3.63) is 23.4 Å². The molecule has 0 spiro atoms. The van der Waals surface area contributed by atoms with E-state index in [0.717, 1.165) is 16.9 Å². The molecule has 1 atom stereocenters. The standard InChI is InChI=1S/C10H17N3O/c1-7-3-4-12-10(9(7)5-11)13-8(2)6-14/h3-4,8,14H,5-6,11H2,1-2H3,(H,12,13). The molecule has 0 fully saturated rings. The van der Waals surface area contributed by atoms with Crippen LogP contribution >= 0.6 is 0 Å². The Labute approximate surface area is 84.2 Å². The Kier molecular flexibility index (Phi) is 3.85. The first kappa shape index (κ1) is 10.9. The largest absolute Gasteiger partial charge is 0.394 e. The number of rotatable bonds is 4. The Bertz CT molecular complexity index is 301. The van der Waals surface area contributed by atoms with E-state index in [0.29, 0.717) is 6.54 Å². The topological polar surface area (TPSA) is 71.2 Å². The molecular weight excluding hydrogens is 178 g/mol. The van der Waals surface area contributed by atoms with Gasteiger partial charge in [0, 0.05) is 24.3 Å². The molecule has 4 nitrogen and oxygen atoms in total. The van der Waals surface area contributed by atoms with Crippen molar-refractivity contribution in [1.82, 2.24) is 4.98 Å². The highest BCUT2D eigenvalue weighted by atomic mass is 16.3. The zero-order chi connectivity index (χ0) is 10.6. The Balaban J connectivity index is 2.90. The van der Waals surface area contributed by atoms with Crippen molar-refractivity contribution in [2.45, 2.75) is 26.4 Å². The van der Waals surface area contributed by atoms with Crippen molar-refractivity contribution in [2.75, 3.05) is 11.9 Å². The highest BCUT2D eigenvalue weighted by Gasteiger charge is 2.07. The fourth-order valence-electron chi connectivity index (χ4n) is 1.25. The van der Waals surface area contributed by atoms with Crippen molar-refractivity contribution < 1.29 is 5.11 Å². The minimum atomic E-state index is -0.00500. The fourth-order valence-corrected chi connectivity index (χ4v) is 1.25. The predicted molar refractivity (Wildman–Crippen MR) is 57.0 cm³/mol. The van der Waals surface area contributed by atoms with Crippen LogP contribution in [0.25, 0.3) is 0 Å². The average molecular weight is 195 g/mol. The van der Waals surface area contributed by atoms with Gasteiger partial charge in [-0.05, 0) is 25.5 Å². The van der Waals surface area contributed by atoms with Crippen LogP contribution in [0.4, 0.5) is 5.82 Å². The van der Waals surface area contributed by atoms with Crippen LogP contribution in [-0.2, 0) is 6.54 Å². The zero-order valence-corrected chi connectivity index (χ0v) is 8.62. The number of anilines is 1. The van der Waals surface area contributed by atoms with Crippen molar-refractivity contribution in [2.24, 2.45) is 5.73 Å². The monoisotopic (exact) mass is 195 g/mol. The maximum absolute atomic E-state index is 8.91. The molecule has 0 aromatic carbocycles. The molecule has 0 saturated carbocycles. The maximum Gasteiger partial charge on any atom is 0.130 e. The molecule has 0 radical (unpaired) electrons. The van der Waals surface area contributed by atoms with Gasteiger partial charge in [0.15, 0.2) is 0 Å². The number of aliphatic hydroxyl groups is 1. The molecule has 0 aliphatic heterocycles. The molecule has 0 aliphatic rings. The van der Waals surface area contributed by atoms with Gasteiger partial charge in [0.2, 0.25) is 0 Å². The predicted octanol–water partition coefficient (Wildman–Crippen LogP) is 0.641. The molecule has 1 aromatic heterocycles. The summed E-state index contributed by atoms with van der Waals surface area (Å²) >= 11 is 0. The van der Waals surface area contributed by atoms with Gasteiger partial charge in [-0.25, -0.2) is 4.98 Å². The maximum atomic E-state index is 8.91. The summed E-state index contributed by atoms with van der Waals surface area (Å²) < 4.78 is 0. The first-order valence-electron chi connectivity index (χ1n) is 4.71. The van der Waals surface area contributed by atoms with Crippen LogP contribution in [0.2, 0.25) is 0 Å². The normalized spacial score (nSPS) is 12.6. The van der Waals surface area contributed by atoms with E-state index in [1.165, 1.54) is 0 Å². The third-order valence-electron chi connectivity index (χ3n) is 2.15. The number of nitrogens with two attached hydrogens (primary N) is 1. The Morgan fingerprint density at radius 3 is 2.93 bits per heavy atom. The summed E-state index contributed by atoms with van der Waals surface area (Å²) in [6, 6.07) is 1.92. The van der Waals surface area contributed by atoms with E-state index in [2.05, 4.69) is 10.3 Å². The molecule has 0 saturated heterocycles. The van der Waals surface area contributed by atoms with E-state index in [1.54, 1.807) is 6.20 Å². The third kappa shape index (κ3) is 2.43. The van der Waals surface area contributed by atoms with Gasteiger partial charge in [0.25, 0.3) is 0 Å². The van der Waals surface area contributed by atoms with Gasteiger partial charge in [-0.1, -0.05) is 0 Å². The van der Waals surface area contributed by atoms with Crippen LogP contribution in [0.3, 0.4) is 0 Å². The number of aryl methyl sites for hydroxylation is 1. The van der Waals surface area contributed by atoms with E-state index < -0.39 is 0 Å². The van der Waals surface area contributed by atoms with E-state index in [1.807, 2.05) is 19.9 Å². The van der Waals surface area contributed by atoms with Gasteiger partial charge in [0.1, 0.15) is 5.82 Å². The van der Waals surface area contributed by atoms with Gasteiger partial charge >= 0.3 is 0 Å². The minimum Gasteiger partial charge on any atom is -0.394 e. The summed E-state index contributed by atoms with van der Waals surface area (Å²) in [6.07, 6.45) is 1.74. The number of nitrogens with zero attached hydrogens (tertiary/aromatic N) is 1. The molecule has 4 heteroatoms. The van der Waals surface area contributed by atoms with Gasteiger partial charge < -0.3 is 16.2 Å². The van der Waals surface area contributed by atoms with Crippen LogP contribution in [0.15, 0.2) is 12.3 Å². The first-order chi connectivity index (χ1) is 6.69. The lowest BCUT2D eigenvalue weighted by Crippen LogP contribution is -2.21. The molecular formula is C10H17N3O. The molecule has 1 rings (SSSR count). The molecule has 4 N–H and O–H groups in total. The van der Waals surface area contributed by atoms with Gasteiger partial charge in [-0.2, -0.15) is 0 Å². The van der Waals surface area contributed by atoms with Crippen LogP contribution in [0.1, 0.15) is 18.1 Å². The van der Waals surface area contributed by atoms with Crippen LogP contribution in [-0.4, -0.2) is 22.7 Å². The second-order valence-electron chi connectivity index (χ2n) is 3.39. The molecule has 1 unspecified atom stereocenters.